The largest absolute Gasteiger partial charge is 0.450 e. The second kappa shape index (κ2) is 13.7. The fraction of sp³-hybridized carbons (Fsp3) is 0.400. The molecule has 12 nitrogen and oxygen atoms in total. The third-order valence-corrected chi connectivity index (χ3v) is 8.54. The molecule has 3 aromatic heterocycles. The number of imidazole rings is 1. The van der Waals surface area contributed by atoms with E-state index in [9.17, 15) is 9.59 Å². The van der Waals surface area contributed by atoms with Gasteiger partial charge in [-0.3, -0.25) is 4.79 Å². The van der Waals surface area contributed by atoms with Gasteiger partial charge in [-0.2, -0.15) is 0 Å². The van der Waals surface area contributed by atoms with Crippen LogP contribution in [0, 0.1) is 17.0 Å². The van der Waals surface area contributed by atoms with E-state index in [-0.39, 0.29) is 41.1 Å². The molecular weight excluding hydrogens is 604 g/mol. The van der Waals surface area contributed by atoms with Gasteiger partial charge in [-0.25, -0.2) is 23.5 Å². The topological polar surface area (TPSA) is 134 Å². The molecule has 1 saturated heterocycles. The number of benzene rings is 1. The maximum absolute atomic E-state index is 15.3. The van der Waals surface area contributed by atoms with Crippen molar-refractivity contribution in [3.05, 3.63) is 66.0 Å². The molecule has 15 heteroatoms. The molecule has 0 unspecified atom stereocenters. The number of amides is 3. The number of pyridine rings is 1. The molecule has 3 N–H and O–H groups in total. The quantitative estimate of drug-likeness (QED) is 0.143. The van der Waals surface area contributed by atoms with E-state index >= 15 is 8.78 Å². The number of carbonyl (C=O) groups is 2. The Morgan fingerprint density at radius 3 is 2.58 bits per heavy atom. The SMILES string of the molecule is Cn1cncc1CNC(=O)c1cn(COCC[Si](C)C)c2nccc(Oc3c(F)cc(NC(=O)NCC4(C)COC4)cc3F)c12. The van der Waals surface area contributed by atoms with Gasteiger partial charge in [0, 0.05) is 70.8 Å². The van der Waals surface area contributed by atoms with Gasteiger partial charge in [0.05, 0.1) is 42.7 Å². The van der Waals surface area contributed by atoms with Crippen LogP contribution in [0.25, 0.3) is 11.0 Å². The number of nitrogens with one attached hydrogen (secondary N) is 3. The molecule has 45 heavy (non-hydrogen) atoms. The lowest BCUT2D eigenvalue weighted by molar-refractivity contribution is -0.0974. The molecule has 0 bridgehead atoms. The summed E-state index contributed by atoms with van der Waals surface area (Å²) < 4.78 is 50.8. The minimum Gasteiger partial charge on any atom is -0.450 e. The van der Waals surface area contributed by atoms with Gasteiger partial charge in [-0.1, -0.05) is 20.0 Å². The number of aromatic nitrogens is 4. The first-order chi connectivity index (χ1) is 21.5. The molecule has 0 atom stereocenters. The van der Waals surface area contributed by atoms with Gasteiger partial charge in [0.1, 0.15) is 18.1 Å². The molecule has 1 fully saturated rings. The maximum atomic E-state index is 15.3. The Kier molecular flexibility index (Phi) is 9.79. The molecule has 1 aliphatic heterocycles. The predicted molar refractivity (Wildman–Crippen MR) is 165 cm³/mol. The molecule has 5 rings (SSSR count). The van der Waals surface area contributed by atoms with Crippen LogP contribution in [0.1, 0.15) is 23.0 Å². The van der Waals surface area contributed by atoms with Gasteiger partial charge >= 0.3 is 6.03 Å². The van der Waals surface area contributed by atoms with Crippen molar-refractivity contribution in [1.29, 1.82) is 0 Å². The number of ether oxygens (including phenoxy) is 3. The van der Waals surface area contributed by atoms with Crippen LogP contribution in [-0.2, 0) is 29.8 Å². The summed E-state index contributed by atoms with van der Waals surface area (Å²) in [5.41, 5.74) is 1.05. The highest BCUT2D eigenvalue weighted by atomic mass is 28.3. The highest BCUT2D eigenvalue weighted by Crippen LogP contribution is 2.36. The molecule has 0 saturated carbocycles. The summed E-state index contributed by atoms with van der Waals surface area (Å²) in [5.74, 6) is -3.21. The average Bonchev–Trinajstić information content (AvgIpc) is 3.57. The lowest BCUT2D eigenvalue weighted by atomic mass is 9.89. The third kappa shape index (κ3) is 7.66. The first kappa shape index (κ1) is 32.1. The van der Waals surface area contributed by atoms with E-state index in [4.69, 9.17) is 14.2 Å². The normalized spacial score (nSPS) is 13.9. The molecule has 1 aromatic carbocycles. The zero-order valence-corrected chi connectivity index (χ0v) is 26.6. The van der Waals surface area contributed by atoms with Crippen molar-refractivity contribution in [3.63, 3.8) is 0 Å². The number of urea groups is 1. The van der Waals surface area contributed by atoms with E-state index < -0.39 is 38.1 Å². The minimum absolute atomic E-state index is 0.0178. The third-order valence-electron chi connectivity index (χ3n) is 7.33. The van der Waals surface area contributed by atoms with Crippen molar-refractivity contribution in [2.24, 2.45) is 12.5 Å². The summed E-state index contributed by atoms with van der Waals surface area (Å²) in [6.07, 6.45) is 6.28. The van der Waals surface area contributed by atoms with Crippen LogP contribution in [0.3, 0.4) is 0 Å². The number of anilines is 1. The van der Waals surface area contributed by atoms with Crippen molar-refractivity contribution in [2.75, 3.05) is 31.7 Å². The lowest BCUT2D eigenvalue weighted by Crippen LogP contribution is -2.49. The van der Waals surface area contributed by atoms with E-state index in [0.717, 1.165) is 23.9 Å². The van der Waals surface area contributed by atoms with Crippen LogP contribution >= 0.6 is 0 Å². The highest BCUT2D eigenvalue weighted by molar-refractivity contribution is 6.55. The van der Waals surface area contributed by atoms with Gasteiger partial charge < -0.3 is 39.3 Å². The van der Waals surface area contributed by atoms with Crippen molar-refractivity contribution >= 4 is 37.5 Å². The Balaban J connectivity index is 1.39. The van der Waals surface area contributed by atoms with E-state index in [1.54, 1.807) is 27.9 Å². The number of carbonyl (C=O) groups excluding carboxylic acids is 2. The molecule has 4 aromatic rings. The molecule has 1 radical (unpaired) electrons. The van der Waals surface area contributed by atoms with Crippen LogP contribution in [0.4, 0.5) is 19.3 Å². The van der Waals surface area contributed by atoms with Gasteiger partial charge in [-0.05, 0) is 12.1 Å². The molecule has 239 valence electrons. The first-order valence-electron chi connectivity index (χ1n) is 14.4. The molecule has 0 spiro atoms. The van der Waals surface area contributed by atoms with Gasteiger partial charge in [0.25, 0.3) is 5.91 Å². The Morgan fingerprint density at radius 1 is 1.18 bits per heavy atom. The summed E-state index contributed by atoms with van der Waals surface area (Å²) in [4.78, 5) is 34.3. The predicted octanol–water partition coefficient (Wildman–Crippen LogP) is 4.66. The van der Waals surface area contributed by atoms with Crippen molar-refractivity contribution in [1.82, 2.24) is 29.7 Å². The molecule has 0 aliphatic carbocycles. The van der Waals surface area contributed by atoms with Gasteiger partial charge in [-0.15, -0.1) is 0 Å². The zero-order valence-electron chi connectivity index (χ0n) is 25.6. The van der Waals surface area contributed by atoms with Crippen molar-refractivity contribution < 1.29 is 32.6 Å². The number of fused-ring (bicyclic) bond motifs is 1. The monoisotopic (exact) mass is 640 g/mol. The van der Waals surface area contributed by atoms with Crippen molar-refractivity contribution in [2.45, 2.75) is 39.3 Å². The minimum atomic E-state index is -1.05. The van der Waals surface area contributed by atoms with Crippen LogP contribution < -0.4 is 20.7 Å². The Bertz CT molecular complexity index is 1670. The Labute approximate surface area is 260 Å². The average molecular weight is 641 g/mol. The standard InChI is InChI=1S/C30H36F2N7O5Si/c1-30(15-43-16-30)14-36-29(41)37-19-9-22(31)26(23(32)10-19)44-24-5-6-34-27-25(24)21(13-39(27)18-42-7-8-45(3)4)28(40)35-12-20-11-33-17-38(20)2/h5-6,9-11,13,17H,7-8,12,14-16,18H2,1-4H3,(H,35,40)(H2,36,37,41). The highest BCUT2D eigenvalue weighted by Gasteiger charge is 2.33. The van der Waals surface area contributed by atoms with Crippen LogP contribution in [0.5, 0.6) is 11.5 Å². The zero-order chi connectivity index (χ0) is 32.1. The van der Waals surface area contributed by atoms with Crippen molar-refractivity contribution in [3.8, 4) is 11.5 Å². The number of nitrogens with zero attached hydrogens (tertiary/aromatic N) is 4. The summed E-state index contributed by atoms with van der Waals surface area (Å²) in [7, 11) is 1.33. The van der Waals surface area contributed by atoms with Crippen LogP contribution in [0.15, 0.2) is 43.1 Å². The smallest absolute Gasteiger partial charge is 0.319 e. The van der Waals surface area contributed by atoms with E-state index in [2.05, 4.69) is 39.0 Å². The van der Waals surface area contributed by atoms with E-state index in [0.29, 0.717) is 32.0 Å². The molecule has 1 aliphatic rings. The molecular formula is C30H36F2N7O5Si. The van der Waals surface area contributed by atoms with E-state index in [1.807, 2.05) is 14.0 Å². The van der Waals surface area contributed by atoms with Crippen LogP contribution in [-0.4, -0.2) is 66.2 Å². The van der Waals surface area contributed by atoms with Crippen LogP contribution in [0.2, 0.25) is 19.1 Å². The second-order valence-electron chi connectivity index (χ2n) is 11.7. The summed E-state index contributed by atoms with van der Waals surface area (Å²) in [6.45, 7) is 8.60. The molecule has 4 heterocycles. The first-order valence-corrected chi connectivity index (χ1v) is 17.1. The Morgan fingerprint density at radius 2 is 1.93 bits per heavy atom. The summed E-state index contributed by atoms with van der Waals surface area (Å²) in [5, 5.41) is 8.25. The van der Waals surface area contributed by atoms with E-state index in [1.165, 1.54) is 12.3 Å². The summed E-state index contributed by atoms with van der Waals surface area (Å²) in [6, 6.07) is 3.69. The second-order valence-corrected chi connectivity index (χ2v) is 14.6. The number of rotatable bonds is 13. The van der Waals surface area contributed by atoms with Gasteiger partial charge in [0.2, 0.25) is 0 Å². The summed E-state index contributed by atoms with van der Waals surface area (Å²) >= 11 is 0. The lowest BCUT2D eigenvalue weighted by Gasteiger charge is -2.37. The van der Waals surface area contributed by atoms with Gasteiger partial charge in [0.15, 0.2) is 17.4 Å². The fourth-order valence-electron chi connectivity index (χ4n) is 4.66. The number of halogens is 2. The maximum Gasteiger partial charge on any atom is 0.319 e. The fourth-order valence-corrected chi connectivity index (χ4v) is 5.22. The number of aryl methyl sites for hydroxylation is 1. The number of hydrogen-bond donors (Lipinski definition) is 3. The Hall–Kier alpha value is -4.34. The number of hydrogen-bond acceptors (Lipinski definition) is 7. The molecule has 3 amide bonds.